The number of carbonyl (C=O) groups excluding carboxylic acids is 2. The lowest BCUT2D eigenvalue weighted by molar-refractivity contribution is -0.118. The Morgan fingerprint density at radius 1 is 0.800 bits per heavy atom. The van der Waals surface area contributed by atoms with Gasteiger partial charge in [0.1, 0.15) is 6.04 Å². The molecular weight excluding hydrogens is 466 g/mol. The number of amides is 2. The van der Waals surface area contributed by atoms with E-state index >= 15 is 0 Å². The highest BCUT2D eigenvalue weighted by Crippen LogP contribution is 2.26. The molecule has 0 aromatic heterocycles. The van der Waals surface area contributed by atoms with Crippen molar-refractivity contribution in [2.45, 2.75) is 12.5 Å². The van der Waals surface area contributed by atoms with Crippen molar-refractivity contribution in [3.8, 4) is 0 Å². The minimum Gasteiger partial charge on any atom is -0.340 e. The molecule has 4 nitrogen and oxygen atoms in total. The van der Waals surface area contributed by atoms with Crippen LogP contribution in [0.25, 0.3) is 0 Å². The fraction of sp³-hybridized carbons (Fsp3) is 0.0909. The third kappa shape index (κ3) is 5.89. The van der Waals surface area contributed by atoms with Gasteiger partial charge in [-0.3, -0.25) is 9.59 Å². The van der Waals surface area contributed by atoms with Crippen molar-refractivity contribution in [1.82, 2.24) is 5.32 Å². The van der Waals surface area contributed by atoms with E-state index in [1.807, 2.05) is 30.3 Å². The molecule has 0 bridgehead atoms. The molecule has 0 radical (unpaired) electrons. The van der Waals surface area contributed by atoms with E-state index in [4.69, 9.17) is 46.4 Å². The summed E-state index contributed by atoms with van der Waals surface area (Å²) in [5, 5.41) is 6.83. The van der Waals surface area contributed by atoms with Crippen LogP contribution in [0.3, 0.4) is 0 Å². The van der Waals surface area contributed by atoms with Crippen molar-refractivity contribution in [2.24, 2.45) is 0 Å². The number of rotatable bonds is 6. The van der Waals surface area contributed by atoms with Gasteiger partial charge in [-0.2, -0.15) is 0 Å². The van der Waals surface area contributed by atoms with Gasteiger partial charge in [0.15, 0.2) is 0 Å². The molecule has 1 unspecified atom stereocenters. The van der Waals surface area contributed by atoms with Gasteiger partial charge in [0.2, 0.25) is 5.91 Å². The van der Waals surface area contributed by atoms with Crippen LogP contribution in [0.15, 0.2) is 66.7 Å². The Bertz CT molecular complexity index is 1070. The highest BCUT2D eigenvalue weighted by molar-refractivity contribution is 6.37. The third-order valence-electron chi connectivity index (χ3n) is 4.27. The van der Waals surface area contributed by atoms with Crippen LogP contribution in [0, 0.1) is 0 Å². The SMILES string of the molecule is O=C(NC(Cc1ccccc1)C(=O)Nc1ccc(Cl)cc1Cl)c1ccc(Cl)cc1Cl. The summed E-state index contributed by atoms with van der Waals surface area (Å²) in [6.45, 7) is 0. The van der Waals surface area contributed by atoms with E-state index < -0.39 is 17.9 Å². The highest BCUT2D eigenvalue weighted by Gasteiger charge is 2.24. The average molecular weight is 482 g/mol. The molecule has 0 aliphatic carbocycles. The zero-order valence-corrected chi connectivity index (χ0v) is 18.5. The summed E-state index contributed by atoms with van der Waals surface area (Å²) in [5.41, 5.74) is 1.49. The first-order chi connectivity index (χ1) is 14.3. The van der Waals surface area contributed by atoms with Crippen LogP contribution in [0.5, 0.6) is 0 Å². The van der Waals surface area contributed by atoms with Crippen LogP contribution in [0.2, 0.25) is 20.1 Å². The molecule has 0 saturated heterocycles. The van der Waals surface area contributed by atoms with Gasteiger partial charge < -0.3 is 10.6 Å². The third-order valence-corrected chi connectivity index (χ3v) is 5.36. The first kappa shape index (κ1) is 22.4. The molecule has 0 saturated carbocycles. The highest BCUT2D eigenvalue weighted by atomic mass is 35.5. The van der Waals surface area contributed by atoms with Gasteiger partial charge >= 0.3 is 0 Å². The number of halogens is 4. The van der Waals surface area contributed by atoms with Crippen molar-refractivity contribution in [2.75, 3.05) is 5.32 Å². The van der Waals surface area contributed by atoms with Gasteiger partial charge in [0.25, 0.3) is 5.91 Å². The lowest BCUT2D eigenvalue weighted by atomic mass is 10.0. The summed E-state index contributed by atoms with van der Waals surface area (Å²) in [6, 6.07) is 17.7. The molecule has 2 N–H and O–H groups in total. The molecule has 2 amide bonds. The Hall–Kier alpha value is -2.24. The van der Waals surface area contributed by atoms with Gasteiger partial charge in [-0.25, -0.2) is 0 Å². The average Bonchev–Trinajstić information content (AvgIpc) is 2.70. The summed E-state index contributed by atoms with van der Waals surface area (Å²) in [6.07, 6.45) is 0.273. The quantitative estimate of drug-likeness (QED) is 0.435. The van der Waals surface area contributed by atoms with Crippen molar-refractivity contribution < 1.29 is 9.59 Å². The van der Waals surface area contributed by atoms with E-state index in [0.717, 1.165) is 5.56 Å². The molecule has 3 rings (SSSR count). The zero-order chi connectivity index (χ0) is 21.7. The van der Waals surface area contributed by atoms with Crippen LogP contribution >= 0.6 is 46.4 Å². The molecule has 0 fully saturated rings. The second kappa shape index (κ2) is 10.2. The molecule has 0 spiro atoms. The van der Waals surface area contributed by atoms with Gasteiger partial charge in [0.05, 0.1) is 21.3 Å². The van der Waals surface area contributed by atoms with E-state index in [0.29, 0.717) is 20.8 Å². The molecule has 0 aliphatic heterocycles. The van der Waals surface area contributed by atoms with Crippen LogP contribution in [-0.2, 0) is 11.2 Å². The topological polar surface area (TPSA) is 58.2 Å². The van der Waals surface area contributed by atoms with Gasteiger partial charge in [-0.15, -0.1) is 0 Å². The lowest BCUT2D eigenvalue weighted by Gasteiger charge is -2.19. The van der Waals surface area contributed by atoms with E-state index in [-0.39, 0.29) is 17.0 Å². The summed E-state index contributed by atoms with van der Waals surface area (Å²) in [5.74, 6) is -0.920. The summed E-state index contributed by atoms with van der Waals surface area (Å²) in [4.78, 5) is 25.8. The molecule has 30 heavy (non-hydrogen) atoms. The molecule has 3 aromatic rings. The minimum atomic E-state index is -0.876. The number of anilines is 1. The fourth-order valence-corrected chi connectivity index (χ4v) is 3.73. The zero-order valence-electron chi connectivity index (χ0n) is 15.5. The number of benzene rings is 3. The Labute approximate surface area is 194 Å². The summed E-state index contributed by atoms with van der Waals surface area (Å²) in [7, 11) is 0. The summed E-state index contributed by atoms with van der Waals surface area (Å²) >= 11 is 24.1. The molecule has 1 atom stereocenters. The predicted octanol–water partition coefficient (Wildman–Crippen LogP) is 6.28. The maximum Gasteiger partial charge on any atom is 0.253 e. The van der Waals surface area contributed by atoms with Gasteiger partial charge in [-0.05, 0) is 42.0 Å². The van der Waals surface area contributed by atoms with E-state index in [1.165, 1.54) is 18.2 Å². The molecule has 8 heteroatoms. The molecule has 3 aromatic carbocycles. The number of hydrogen-bond acceptors (Lipinski definition) is 2. The van der Waals surface area contributed by atoms with E-state index in [2.05, 4.69) is 10.6 Å². The first-order valence-electron chi connectivity index (χ1n) is 8.89. The molecular formula is C22H16Cl4N2O2. The minimum absolute atomic E-state index is 0.194. The van der Waals surface area contributed by atoms with Crippen molar-refractivity contribution >= 4 is 63.9 Å². The molecule has 0 aliphatic rings. The van der Waals surface area contributed by atoms with Crippen LogP contribution in [0.1, 0.15) is 15.9 Å². The fourth-order valence-electron chi connectivity index (χ4n) is 2.78. The summed E-state index contributed by atoms with van der Waals surface area (Å²) < 4.78 is 0. The Morgan fingerprint density at radius 3 is 2.07 bits per heavy atom. The standard InChI is InChI=1S/C22H16Cl4N2O2/c23-14-6-8-16(17(25)11-14)21(29)28-20(10-13-4-2-1-3-5-13)22(30)27-19-9-7-15(24)12-18(19)26/h1-9,11-12,20H,10H2,(H,27,30)(H,28,29). The number of nitrogens with one attached hydrogen (secondary N) is 2. The second-order valence-electron chi connectivity index (χ2n) is 6.45. The van der Waals surface area contributed by atoms with Gasteiger partial charge in [-0.1, -0.05) is 76.7 Å². The Balaban J connectivity index is 1.83. The largest absolute Gasteiger partial charge is 0.340 e. The Morgan fingerprint density at radius 2 is 1.43 bits per heavy atom. The van der Waals surface area contributed by atoms with E-state index in [1.54, 1.807) is 18.2 Å². The second-order valence-corrected chi connectivity index (χ2v) is 8.14. The van der Waals surface area contributed by atoms with Crippen molar-refractivity contribution in [1.29, 1.82) is 0 Å². The first-order valence-corrected chi connectivity index (χ1v) is 10.4. The lowest BCUT2D eigenvalue weighted by Crippen LogP contribution is -2.45. The predicted molar refractivity (Wildman–Crippen MR) is 123 cm³/mol. The molecule has 0 heterocycles. The number of carbonyl (C=O) groups is 2. The normalized spacial score (nSPS) is 11.6. The van der Waals surface area contributed by atoms with Crippen LogP contribution < -0.4 is 10.6 Å². The van der Waals surface area contributed by atoms with Crippen molar-refractivity contribution in [3.63, 3.8) is 0 Å². The molecule has 154 valence electrons. The maximum absolute atomic E-state index is 13.0. The van der Waals surface area contributed by atoms with Gasteiger partial charge in [0, 0.05) is 16.5 Å². The van der Waals surface area contributed by atoms with Crippen LogP contribution in [-0.4, -0.2) is 17.9 Å². The Kier molecular flexibility index (Phi) is 7.62. The van der Waals surface area contributed by atoms with Crippen LogP contribution in [0.4, 0.5) is 5.69 Å². The smallest absolute Gasteiger partial charge is 0.253 e. The number of hydrogen-bond donors (Lipinski definition) is 2. The van der Waals surface area contributed by atoms with E-state index in [9.17, 15) is 9.59 Å². The maximum atomic E-state index is 13.0. The van der Waals surface area contributed by atoms with Crippen molar-refractivity contribution in [3.05, 3.63) is 97.9 Å². The monoisotopic (exact) mass is 480 g/mol.